The van der Waals surface area contributed by atoms with Crippen molar-refractivity contribution in [3.05, 3.63) is 46.9 Å². The van der Waals surface area contributed by atoms with E-state index in [1.807, 2.05) is 0 Å². The molecule has 0 aliphatic carbocycles. The van der Waals surface area contributed by atoms with Crippen LogP contribution in [0, 0.1) is 6.92 Å². The minimum absolute atomic E-state index is 0.0296. The second kappa shape index (κ2) is 5.22. The molecule has 0 unspecified atom stereocenters. The number of H-pyrrole nitrogens is 1. The number of sulfone groups is 1. The van der Waals surface area contributed by atoms with Crippen molar-refractivity contribution in [1.29, 1.82) is 0 Å². The van der Waals surface area contributed by atoms with E-state index in [0.29, 0.717) is 16.8 Å². The topological polar surface area (TPSA) is 62.8 Å². The fourth-order valence-electron chi connectivity index (χ4n) is 2.12. The highest BCUT2D eigenvalue weighted by atomic mass is 32.2. The van der Waals surface area contributed by atoms with E-state index in [1.165, 1.54) is 18.5 Å². The van der Waals surface area contributed by atoms with Crippen LogP contribution in [0.5, 0.6) is 0 Å². The van der Waals surface area contributed by atoms with E-state index in [9.17, 15) is 17.2 Å². The van der Waals surface area contributed by atoms with E-state index in [2.05, 4.69) is 9.97 Å². The number of nitrogens with zero attached hydrogens (tertiary/aromatic N) is 1. The summed E-state index contributed by atoms with van der Waals surface area (Å²) in [4.78, 5) is 6.67. The highest BCUT2D eigenvalue weighted by molar-refractivity contribution is 7.90. The van der Waals surface area contributed by atoms with Crippen LogP contribution in [0.25, 0.3) is 0 Å². The average molecular weight is 314 g/mol. The lowest BCUT2D eigenvalue weighted by atomic mass is 10.00. The SMILES string of the molecule is Cc1[nH]cc(C(C)(F)F)c1Cc1ccc(S(C)(=O)=O)nc1. The van der Waals surface area contributed by atoms with Gasteiger partial charge in [-0.15, -0.1) is 0 Å². The van der Waals surface area contributed by atoms with Crippen molar-refractivity contribution in [2.24, 2.45) is 0 Å². The first kappa shape index (κ1) is 15.6. The molecule has 2 aromatic rings. The van der Waals surface area contributed by atoms with Crippen LogP contribution in [0.3, 0.4) is 0 Å². The van der Waals surface area contributed by atoms with Gasteiger partial charge in [-0.1, -0.05) is 6.07 Å². The van der Waals surface area contributed by atoms with Gasteiger partial charge in [0.15, 0.2) is 14.9 Å². The molecule has 0 saturated carbocycles. The molecule has 0 aliphatic heterocycles. The number of aromatic nitrogens is 2. The van der Waals surface area contributed by atoms with Gasteiger partial charge in [0.05, 0.1) is 0 Å². The van der Waals surface area contributed by atoms with Crippen molar-refractivity contribution in [3.63, 3.8) is 0 Å². The van der Waals surface area contributed by atoms with Gasteiger partial charge in [0.25, 0.3) is 5.92 Å². The van der Waals surface area contributed by atoms with Gasteiger partial charge in [0.2, 0.25) is 0 Å². The number of hydrogen-bond donors (Lipinski definition) is 1. The van der Waals surface area contributed by atoms with E-state index < -0.39 is 15.8 Å². The van der Waals surface area contributed by atoms with Crippen LogP contribution >= 0.6 is 0 Å². The van der Waals surface area contributed by atoms with Crippen LogP contribution in [0.4, 0.5) is 8.78 Å². The molecule has 21 heavy (non-hydrogen) atoms. The Balaban J connectivity index is 2.33. The molecule has 0 spiro atoms. The quantitative estimate of drug-likeness (QED) is 0.944. The Bertz CT molecular complexity index is 744. The molecule has 0 atom stereocenters. The van der Waals surface area contributed by atoms with Gasteiger partial charge < -0.3 is 4.98 Å². The summed E-state index contributed by atoms with van der Waals surface area (Å²) in [5, 5.41) is -0.0296. The van der Waals surface area contributed by atoms with Crippen molar-refractivity contribution in [3.8, 4) is 0 Å². The lowest BCUT2D eigenvalue weighted by Gasteiger charge is -2.12. The molecule has 7 heteroatoms. The number of aryl methyl sites for hydroxylation is 1. The zero-order chi connectivity index (χ0) is 15.8. The maximum Gasteiger partial charge on any atom is 0.272 e. The zero-order valence-electron chi connectivity index (χ0n) is 11.9. The van der Waals surface area contributed by atoms with Crippen molar-refractivity contribution >= 4 is 9.84 Å². The first-order valence-electron chi connectivity index (χ1n) is 6.29. The lowest BCUT2D eigenvalue weighted by Crippen LogP contribution is -2.09. The third kappa shape index (κ3) is 3.47. The standard InChI is InChI=1S/C14H16F2N2O2S/c1-9-11(12(8-17-9)14(2,15)16)6-10-4-5-13(18-7-10)21(3,19)20/h4-5,7-8,17H,6H2,1-3H3. The number of alkyl halides is 2. The van der Waals surface area contributed by atoms with Crippen molar-refractivity contribution in [2.45, 2.75) is 31.2 Å². The van der Waals surface area contributed by atoms with Crippen LogP contribution in [0.15, 0.2) is 29.6 Å². The van der Waals surface area contributed by atoms with E-state index in [0.717, 1.165) is 13.2 Å². The number of nitrogens with one attached hydrogen (secondary N) is 1. The van der Waals surface area contributed by atoms with Gasteiger partial charge in [0.1, 0.15) is 0 Å². The van der Waals surface area contributed by atoms with E-state index in [-0.39, 0.29) is 17.0 Å². The van der Waals surface area contributed by atoms with Crippen molar-refractivity contribution < 1.29 is 17.2 Å². The van der Waals surface area contributed by atoms with E-state index in [4.69, 9.17) is 0 Å². The predicted molar refractivity (Wildman–Crippen MR) is 75.3 cm³/mol. The molecule has 0 saturated heterocycles. The zero-order valence-corrected chi connectivity index (χ0v) is 12.8. The normalized spacial score (nSPS) is 12.6. The van der Waals surface area contributed by atoms with E-state index >= 15 is 0 Å². The number of hydrogen-bond acceptors (Lipinski definition) is 3. The molecule has 1 N–H and O–H groups in total. The molecule has 4 nitrogen and oxygen atoms in total. The molecule has 0 aliphatic rings. The van der Waals surface area contributed by atoms with Gasteiger partial charge in [-0.25, -0.2) is 22.2 Å². The maximum atomic E-state index is 13.5. The fraction of sp³-hybridized carbons (Fsp3) is 0.357. The van der Waals surface area contributed by atoms with Gasteiger partial charge in [-0.05, 0) is 24.1 Å². The molecule has 0 amide bonds. The van der Waals surface area contributed by atoms with Crippen LogP contribution < -0.4 is 0 Å². The summed E-state index contributed by atoms with van der Waals surface area (Å²) in [7, 11) is -3.36. The first-order chi connectivity index (χ1) is 9.59. The molecule has 0 fully saturated rings. The first-order valence-corrected chi connectivity index (χ1v) is 8.18. The van der Waals surface area contributed by atoms with Crippen LogP contribution in [-0.2, 0) is 22.2 Å². The van der Waals surface area contributed by atoms with Crippen LogP contribution in [0.1, 0.15) is 29.3 Å². The molecule has 0 bridgehead atoms. The van der Waals surface area contributed by atoms with Crippen LogP contribution in [0.2, 0.25) is 0 Å². The molecular weight excluding hydrogens is 298 g/mol. The third-order valence-corrected chi connectivity index (χ3v) is 4.24. The molecule has 0 aromatic carbocycles. The van der Waals surface area contributed by atoms with Gasteiger partial charge in [-0.2, -0.15) is 0 Å². The summed E-state index contributed by atoms with van der Waals surface area (Å²) in [6, 6.07) is 2.98. The highest BCUT2D eigenvalue weighted by Gasteiger charge is 2.29. The molecular formula is C14H16F2N2O2S. The Labute approximate surface area is 122 Å². The molecule has 2 heterocycles. The summed E-state index contributed by atoms with van der Waals surface area (Å²) in [6.45, 7) is 2.58. The number of rotatable bonds is 4. The average Bonchev–Trinajstić information content (AvgIpc) is 2.70. The molecule has 2 aromatic heterocycles. The Hall–Kier alpha value is -1.76. The Kier molecular flexibility index (Phi) is 3.88. The van der Waals surface area contributed by atoms with Gasteiger partial charge >= 0.3 is 0 Å². The van der Waals surface area contributed by atoms with E-state index in [1.54, 1.807) is 13.0 Å². The van der Waals surface area contributed by atoms with Crippen molar-refractivity contribution in [1.82, 2.24) is 9.97 Å². The largest absolute Gasteiger partial charge is 0.364 e. The third-order valence-electron chi connectivity index (χ3n) is 3.24. The summed E-state index contributed by atoms with van der Waals surface area (Å²) < 4.78 is 49.7. The summed E-state index contributed by atoms with van der Waals surface area (Å²) in [5.74, 6) is -2.93. The number of aromatic amines is 1. The molecule has 114 valence electrons. The second-order valence-electron chi connectivity index (χ2n) is 5.15. The Morgan fingerprint density at radius 3 is 2.48 bits per heavy atom. The van der Waals surface area contributed by atoms with Crippen molar-refractivity contribution in [2.75, 3.05) is 6.26 Å². The smallest absolute Gasteiger partial charge is 0.272 e. The summed E-state index contributed by atoms with van der Waals surface area (Å²) >= 11 is 0. The number of halogens is 2. The lowest BCUT2D eigenvalue weighted by molar-refractivity contribution is 0.0168. The fourth-order valence-corrected chi connectivity index (χ4v) is 2.67. The Morgan fingerprint density at radius 1 is 1.33 bits per heavy atom. The second-order valence-corrected chi connectivity index (χ2v) is 7.11. The summed E-state index contributed by atoms with van der Waals surface area (Å²) in [6.07, 6.45) is 4.05. The van der Waals surface area contributed by atoms with Gasteiger partial charge in [0, 0.05) is 43.3 Å². The summed E-state index contributed by atoms with van der Waals surface area (Å²) in [5.41, 5.74) is 1.80. The minimum atomic E-state index is -3.36. The number of pyridine rings is 1. The monoisotopic (exact) mass is 314 g/mol. The van der Waals surface area contributed by atoms with Gasteiger partial charge in [-0.3, -0.25) is 0 Å². The van der Waals surface area contributed by atoms with Crippen LogP contribution in [-0.4, -0.2) is 24.6 Å². The highest BCUT2D eigenvalue weighted by Crippen LogP contribution is 2.32. The molecule has 0 radical (unpaired) electrons. The maximum absolute atomic E-state index is 13.5. The Morgan fingerprint density at radius 2 is 2.00 bits per heavy atom. The minimum Gasteiger partial charge on any atom is -0.364 e. The molecule has 2 rings (SSSR count). The predicted octanol–water partition coefficient (Wildman–Crippen LogP) is 2.82.